The number of allylic oxidation sites excluding steroid dienone is 2. The maximum absolute atomic E-state index is 13.7. The summed E-state index contributed by atoms with van der Waals surface area (Å²) < 4.78 is 6.07. The summed E-state index contributed by atoms with van der Waals surface area (Å²) >= 11 is 0. The van der Waals surface area contributed by atoms with E-state index < -0.39 is 29.5 Å². The predicted octanol–water partition coefficient (Wildman–Crippen LogP) is 3.45. The van der Waals surface area contributed by atoms with E-state index in [0.29, 0.717) is 18.4 Å². The number of ether oxygens (including phenoxy) is 1. The summed E-state index contributed by atoms with van der Waals surface area (Å²) in [4.78, 5) is 39.3. The molecule has 0 aromatic heterocycles. The van der Waals surface area contributed by atoms with Gasteiger partial charge in [-0.05, 0) is 50.3 Å². The van der Waals surface area contributed by atoms with E-state index in [2.05, 4.69) is 5.32 Å². The normalized spacial score (nSPS) is 36.8. The Hall–Kier alpha value is -2.99. The number of rotatable bonds is 2. The van der Waals surface area contributed by atoms with Crippen LogP contribution in [0.3, 0.4) is 0 Å². The zero-order valence-electron chi connectivity index (χ0n) is 20.2. The van der Waals surface area contributed by atoms with Gasteiger partial charge in [0.2, 0.25) is 5.60 Å². The van der Waals surface area contributed by atoms with E-state index in [1.807, 2.05) is 57.2 Å². The van der Waals surface area contributed by atoms with Crippen LogP contribution < -0.4 is 5.32 Å². The lowest BCUT2D eigenvalue weighted by Crippen LogP contribution is -2.59. The number of aliphatic hydroxyl groups is 1. The van der Waals surface area contributed by atoms with Gasteiger partial charge in [-0.15, -0.1) is 0 Å². The molecule has 1 aromatic carbocycles. The van der Waals surface area contributed by atoms with Gasteiger partial charge < -0.3 is 15.2 Å². The van der Waals surface area contributed by atoms with Crippen LogP contribution in [0.4, 0.5) is 0 Å². The smallest absolute Gasteiger partial charge is 0.310 e. The SMILES string of the molecule is CC1=C(C)[C@H](O)[C@H]2/C=C/C[C@@H](C)C(=O)/C(C)=C/CC(=O)O[C@@]23C(=O)N[C@H](Cc2ccccc2)[C@@H]13. The Morgan fingerprint density at radius 2 is 1.79 bits per heavy atom. The van der Waals surface area contributed by atoms with Gasteiger partial charge in [0.1, 0.15) is 0 Å². The van der Waals surface area contributed by atoms with Crippen molar-refractivity contribution in [3.05, 3.63) is 70.8 Å². The number of hydrogen-bond acceptors (Lipinski definition) is 5. The fourth-order valence-corrected chi connectivity index (χ4v) is 5.72. The molecule has 6 nitrogen and oxygen atoms in total. The molecule has 1 saturated heterocycles. The second-order valence-electron chi connectivity index (χ2n) is 9.87. The fraction of sp³-hybridized carbons (Fsp3) is 0.464. The highest BCUT2D eigenvalue weighted by atomic mass is 16.6. The number of benzene rings is 1. The highest BCUT2D eigenvalue weighted by molar-refractivity contribution is 5.97. The number of aliphatic hydroxyl groups excluding tert-OH is 1. The average molecular weight is 464 g/mol. The molecule has 2 aliphatic heterocycles. The van der Waals surface area contributed by atoms with Crippen LogP contribution in [0.2, 0.25) is 0 Å². The largest absolute Gasteiger partial charge is 0.447 e. The highest BCUT2D eigenvalue weighted by Crippen LogP contribution is 2.50. The third-order valence-corrected chi connectivity index (χ3v) is 7.73. The molecule has 0 saturated carbocycles. The minimum Gasteiger partial charge on any atom is -0.447 e. The van der Waals surface area contributed by atoms with E-state index in [1.54, 1.807) is 19.1 Å². The van der Waals surface area contributed by atoms with Crippen LogP contribution in [0.5, 0.6) is 0 Å². The second kappa shape index (κ2) is 9.34. The lowest BCUT2D eigenvalue weighted by atomic mass is 9.63. The summed E-state index contributed by atoms with van der Waals surface area (Å²) in [6.07, 6.45) is 5.15. The van der Waals surface area contributed by atoms with Gasteiger partial charge in [-0.2, -0.15) is 0 Å². The van der Waals surface area contributed by atoms with Crippen molar-refractivity contribution in [3.63, 3.8) is 0 Å². The molecule has 6 atom stereocenters. The van der Waals surface area contributed by atoms with E-state index in [-0.39, 0.29) is 30.1 Å². The fourth-order valence-electron chi connectivity index (χ4n) is 5.72. The summed E-state index contributed by atoms with van der Waals surface area (Å²) in [6, 6.07) is 9.60. The van der Waals surface area contributed by atoms with Gasteiger partial charge >= 0.3 is 5.97 Å². The van der Waals surface area contributed by atoms with Crippen molar-refractivity contribution in [2.24, 2.45) is 17.8 Å². The van der Waals surface area contributed by atoms with Gasteiger partial charge in [-0.1, -0.05) is 61.1 Å². The van der Waals surface area contributed by atoms with Gasteiger partial charge in [-0.3, -0.25) is 14.4 Å². The number of nitrogens with one attached hydrogen (secondary N) is 1. The first-order valence-electron chi connectivity index (χ1n) is 12.0. The van der Waals surface area contributed by atoms with E-state index in [9.17, 15) is 19.5 Å². The topological polar surface area (TPSA) is 92.7 Å². The van der Waals surface area contributed by atoms with Gasteiger partial charge in [-0.25, -0.2) is 0 Å². The zero-order chi connectivity index (χ0) is 24.6. The summed E-state index contributed by atoms with van der Waals surface area (Å²) in [5, 5.41) is 14.4. The van der Waals surface area contributed by atoms with Crippen LogP contribution in [0.15, 0.2) is 65.3 Å². The minimum atomic E-state index is -1.55. The average Bonchev–Trinajstić information content (AvgIpc) is 3.08. The number of hydrogen-bond donors (Lipinski definition) is 2. The Balaban J connectivity index is 1.82. The molecule has 2 N–H and O–H groups in total. The third-order valence-electron chi connectivity index (χ3n) is 7.73. The van der Waals surface area contributed by atoms with Crippen molar-refractivity contribution in [2.45, 2.75) is 64.7 Å². The number of ketones is 1. The second-order valence-corrected chi connectivity index (χ2v) is 9.87. The Labute approximate surface area is 200 Å². The molecule has 1 aliphatic carbocycles. The Kier molecular flexibility index (Phi) is 6.63. The Morgan fingerprint density at radius 1 is 1.09 bits per heavy atom. The van der Waals surface area contributed by atoms with Crippen LogP contribution in [0.1, 0.15) is 46.1 Å². The molecule has 0 unspecified atom stereocenters. The number of carbonyl (C=O) groups excluding carboxylic acids is 3. The lowest BCUT2D eigenvalue weighted by Gasteiger charge is -2.46. The molecule has 4 rings (SSSR count). The summed E-state index contributed by atoms with van der Waals surface area (Å²) in [5.74, 6) is -2.43. The molecule has 2 heterocycles. The molecule has 1 amide bonds. The van der Waals surface area contributed by atoms with Crippen molar-refractivity contribution >= 4 is 17.7 Å². The summed E-state index contributed by atoms with van der Waals surface area (Å²) in [6.45, 7) is 7.33. The third kappa shape index (κ3) is 4.05. The molecule has 180 valence electrons. The molecule has 3 aliphatic rings. The Morgan fingerprint density at radius 3 is 2.50 bits per heavy atom. The molecular weight excluding hydrogens is 430 g/mol. The zero-order valence-corrected chi connectivity index (χ0v) is 20.2. The van der Waals surface area contributed by atoms with Gasteiger partial charge in [0.05, 0.1) is 24.4 Å². The standard InChI is InChI=1S/C28H33NO5/c1-16-9-8-12-21-26(32)19(4)18(3)24-22(15-20-10-6-5-7-11-20)29-27(33)28(21,24)34-23(30)14-13-17(2)25(16)31/h5-8,10-13,16,21-22,24,26,32H,9,14-15H2,1-4H3,(H,29,33)/b12-8+,17-13+/t16-,21-,22-,24-,26+,28+/m1/s1. The van der Waals surface area contributed by atoms with Crippen LogP contribution in [0.25, 0.3) is 0 Å². The van der Waals surface area contributed by atoms with Crippen LogP contribution in [-0.4, -0.2) is 40.5 Å². The van der Waals surface area contributed by atoms with E-state index in [4.69, 9.17) is 4.74 Å². The number of Topliss-reactive ketones (excluding diaryl/α,β-unsaturated/α-hetero) is 1. The van der Waals surface area contributed by atoms with E-state index in [1.165, 1.54) is 0 Å². The maximum atomic E-state index is 13.7. The molecule has 0 bridgehead atoms. The van der Waals surface area contributed by atoms with Crippen molar-refractivity contribution in [1.29, 1.82) is 0 Å². The first kappa shape index (κ1) is 24.1. The molecule has 6 heteroatoms. The van der Waals surface area contributed by atoms with Gasteiger partial charge in [0.15, 0.2) is 5.78 Å². The van der Waals surface area contributed by atoms with Crippen molar-refractivity contribution in [2.75, 3.05) is 0 Å². The van der Waals surface area contributed by atoms with Gasteiger partial charge in [0, 0.05) is 12.0 Å². The predicted molar refractivity (Wildman–Crippen MR) is 129 cm³/mol. The molecule has 1 fully saturated rings. The van der Waals surface area contributed by atoms with Crippen molar-refractivity contribution < 1.29 is 24.2 Å². The quantitative estimate of drug-likeness (QED) is 0.518. The molecule has 0 radical (unpaired) electrons. The molecular formula is C28H33NO5. The summed E-state index contributed by atoms with van der Waals surface area (Å²) in [5.41, 5.74) is 1.68. The van der Waals surface area contributed by atoms with Crippen LogP contribution in [-0.2, 0) is 25.5 Å². The molecule has 1 spiro atoms. The monoisotopic (exact) mass is 463 g/mol. The van der Waals surface area contributed by atoms with Crippen molar-refractivity contribution in [1.82, 2.24) is 5.32 Å². The number of carbonyl (C=O) groups is 3. The highest BCUT2D eigenvalue weighted by Gasteiger charge is 2.66. The Bertz CT molecular complexity index is 1090. The van der Waals surface area contributed by atoms with Crippen molar-refractivity contribution in [3.8, 4) is 0 Å². The van der Waals surface area contributed by atoms with Crippen LogP contribution >= 0.6 is 0 Å². The minimum absolute atomic E-state index is 0.0248. The lowest BCUT2D eigenvalue weighted by molar-refractivity contribution is -0.179. The first-order chi connectivity index (χ1) is 16.2. The van der Waals surface area contributed by atoms with E-state index >= 15 is 0 Å². The molecule has 34 heavy (non-hydrogen) atoms. The summed E-state index contributed by atoms with van der Waals surface area (Å²) in [7, 11) is 0. The first-order valence-corrected chi connectivity index (χ1v) is 12.0. The number of amides is 1. The molecule has 1 aromatic rings. The van der Waals surface area contributed by atoms with Crippen LogP contribution in [0, 0.1) is 17.8 Å². The van der Waals surface area contributed by atoms with Gasteiger partial charge in [0.25, 0.3) is 5.91 Å². The maximum Gasteiger partial charge on any atom is 0.310 e. The van der Waals surface area contributed by atoms with E-state index in [0.717, 1.165) is 16.7 Å². The number of esters is 1.